The Morgan fingerprint density at radius 2 is 1.96 bits per heavy atom. The van der Waals surface area contributed by atoms with Crippen molar-refractivity contribution in [3.8, 4) is 6.01 Å². The summed E-state index contributed by atoms with van der Waals surface area (Å²) in [7, 11) is 0. The predicted octanol–water partition coefficient (Wildman–Crippen LogP) is -0.290. The van der Waals surface area contributed by atoms with Gasteiger partial charge < -0.3 is 25.0 Å². The fraction of sp³-hybridized carbons (Fsp3) is 0.438. The Balaban J connectivity index is 1.36. The lowest BCUT2D eigenvalue weighted by Crippen LogP contribution is -2.36. The van der Waals surface area contributed by atoms with Crippen LogP contribution in [0, 0.1) is 0 Å². The molecule has 2 aromatic rings. The minimum absolute atomic E-state index is 0.126. The molecule has 0 saturated carbocycles. The molecule has 26 heavy (non-hydrogen) atoms. The number of rotatable bonds is 8. The zero-order valence-corrected chi connectivity index (χ0v) is 14.3. The molecule has 0 spiro atoms. The number of ether oxygens (including phenoxy) is 2. The van der Waals surface area contributed by atoms with Crippen LogP contribution < -0.4 is 20.3 Å². The van der Waals surface area contributed by atoms with Gasteiger partial charge in [-0.2, -0.15) is 0 Å². The zero-order chi connectivity index (χ0) is 18.0. The van der Waals surface area contributed by atoms with Crippen LogP contribution in [0.4, 0.5) is 11.6 Å². The largest absolute Gasteiger partial charge is 0.453 e. The average molecular weight is 359 g/mol. The van der Waals surface area contributed by atoms with Crippen LogP contribution >= 0.6 is 0 Å². The Kier molecular flexibility index (Phi) is 6.48. The molecule has 0 bridgehead atoms. The summed E-state index contributed by atoms with van der Waals surface area (Å²) < 4.78 is 10.5. The van der Waals surface area contributed by atoms with E-state index in [1.165, 1.54) is 6.33 Å². The molecule has 10 heteroatoms. The lowest BCUT2D eigenvalue weighted by atomic mass is 10.4. The number of hydrogen-bond donors (Lipinski definition) is 2. The van der Waals surface area contributed by atoms with Crippen LogP contribution in [0.1, 0.15) is 0 Å². The van der Waals surface area contributed by atoms with Gasteiger partial charge in [0.05, 0.1) is 13.2 Å². The van der Waals surface area contributed by atoms with Crippen LogP contribution in [0.3, 0.4) is 0 Å². The lowest BCUT2D eigenvalue weighted by molar-refractivity contribution is -0.123. The third-order valence-electron chi connectivity index (χ3n) is 3.62. The summed E-state index contributed by atoms with van der Waals surface area (Å²) in [4.78, 5) is 30.1. The first-order valence-corrected chi connectivity index (χ1v) is 8.36. The number of amides is 1. The Bertz CT molecular complexity index is 695. The van der Waals surface area contributed by atoms with Gasteiger partial charge in [-0.1, -0.05) is 0 Å². The number of nitrogens with zero attached hydrogens (tertiary/aromatic N) is 5. The van der Waals surface area contributed by atoms with Crippen molar-refractivity contribution >= 4 is 17.5 Å². The molecule has 3 rings (SSSR count). The highest BCUT2D eigenvalue weighted by Gasteiger charge is 2.12. The topological polar surface area (TPSA) is 114 Å². The zero-order valence-electron chi connectivity index (χ0n) is 14.3. The molecule has 0 radical (unpaired) electrons. The van der Waals surface area contributed by atoms with Gasteiger partial charge in [-0.3, -0.25) is 4.79 Å². The van der Waals surface area contributed by atoms with E-state index in [0.29, 0.717) is 32.1 Å². The van der Waals surface area contributed by atoms with Gasteiger partial charge in [0.15, 0.2) is 6.61 Å². The minimum atomic E-state index is -0.240. The predicted molar refractivity (Wildman–Crippen MR) is 94.1 cm³/mol. The first kappa shape index (κ1) is 17.8. The number of aromatic nitrogens is 4. The van der Waals surface area contributed by atoms with Crippen LogP contribution in [0.5, 0.6) is 6.01 Å². The monoisotopic (exact) mass is 359 g/mol. The first-order valence-electron chi connectivity index (χ1n) is 8.36. The molecule has 1 aliphatic rings. The molecular weight excluding hydrogens is 338 g/mol. The number of morpholine rings is 1. The van der Waals surface area contributed by atoms with Gasteiger partial charge in [0.25, 0.3) is 5.91 Å². The molecule has 2 aromatic heterocycles. The van der Waals surface area contributed by atoms with Crippen molar-refractivity contribution < 1.29 is 14.3 Å². The molecule has 3 heterocycles. The Hall–Kier alpha value is -3.01. The van der Waals surface area contributed by atoms with Crippen molar-refractivity contribution in [2.75, 3.05) is 56.2 Å². The smallest absolute Gasteiger partial charge is 0.316 e. The summed E-state index contributed by atoms with van der Waals surface area (Å²) in [6.07, 6.45) is 4.63. The van der Waals surface area contributed by atoms with E-state index in [1.54, 1.807) is 18.5 Å². The van der Waals surface area contributed by atoms with Crippen molar-refractivity contribution in [2.24, 2.45) is 0 Å². The lowest BCUT2D eigenvalue weighted by Gasteiger charge is -2.27. The molecule has 138 valence electrons. The number of carbonyl (C=O) groups excluding carboxylic acids is 1. The molecule has 0 aromatic carbocycles. The molecule has 2 N–H and O–H groups in total. The second kappa shape index (κ2) is 9.47. The molecule has 1 amide bonds. The van der Waals surface area contributed by atoms with E-state index in [-0.39, 0.29) is 18.5 Å². The highest BCUT2D eigenvalue weighted by Crippen LogP contribution is 2.15. The summed E-state index contributed by atoms with van der Waals surface area (Å²) in [5.41, 5.74) is 0. The summed E-state index contributed by atoms with van der Waals surface area (Å²) >= 11 is 0. The summed E-state index contributed by atoms with van der Waals surface area (Å²) in [5, 5.41) is 5.91. The molecule has 0 aliphatic carbocycles. The van der Waals surface area contributed by atoms with Gasteiger partial charge in [-0.15, -0.1) is 0 Å². The Morgan fingerprint density at radius 3 is 2.77 bits per heavy atom. The van der Waals surface area contributed by atoms with Crippen LogP contribution in [-0.4, -0.2) is 71.8 Å². The summed E-state index contributed by atoms with van der Waals surface area (Å²) in [5.74, 6) is 1.34. The van der Waals surface area contributed by atoms with E-state index >= 15 is 0 Å². The standard InChI is InChI=1S/C16H21N7O3/c24-15(11-26-16-19-2-1-3-20-16)18-5-4-17-13-10-14(22-12-21-13)23-6-8-25-9-7-23/h1-3,10,12H,4-9,11H2,(H,18,24)(H,17,21,22). The highest BCUT2D eigenvalue weighted by molar-refractivity contribution is 5.77. The SMILES string of the molecule is O=C(COc1ncccn1)NCCNc1cc(N2CCOCC2)ncn1. The van der Waals surface area contributed by atoms with Gasteiger partial charge in [0.2, 0.25) is 0 Å². The van der Waals surface area contributed by atoms with Crippen molar-refractivity contribution in [1.29, 1.82) is 0 Å². The van der Waals surface area contributed by atoms with Gasteiger partial charge >= 0.3 is 6.01 Å². The van der Waals surface area contributed by atoms with E-state index in [1.807, 2.05) is 6.07 Å². The molecular formula is C16H21N7O3. The fourth-order valence-electron chi connectivity index (χ4n) is 2.34. The third-order valence-corrected chi connectivity index (χ3v) is 3.62. The van der Waals surface area contributed by atoms with Gasteiger partial charge in [0, 0.05) is 44.6 Å². The quantitative estimate of drug-likeness (QED) is 0.614. The summed E-state index contributed by atoms with van der Waals surface area (Å²) in [6.45, 7) is 3.89. The number of hydrogen-bond acceptors (Lipinski definition) is 9. The van der Waals surface area contributed by atoms with Crippen LogP contribution in [0.2, 0.25) is 0 Å². The van der Waals surface area contributed by atoms with E-state index in [4.69, 9.17) is 9.47 Å². The maximum atomic E-state index is 11.7. The highest BCUT2D eigenvalue weighted by atomic mass is 16.5. The van der Waals surface area contributed by atoms with E-state index in [9.17, 15) is 4.79 Å². The molecule has 10 nitrogen and oxygen atoms in total. The van der Waals surface area contributed by atoms with Crippen molar-refractivity contribution in [2.45, 2.75) is 0 Å². The Labute approximate surface area is 151 Å². The third kappa shape index (κ3) is 5.52. The van der Waals surface area contributed by atoms with Gasteiger partial charge in [-0.05, 0) is 6.07 Å². The van der Waals surface area contributed by atoms with Crippen LogP contribution in [0.25, 0.3) is 0 Å². The Morgan fingerprint density at radius 1 is 1.15 bits per heavy atom. The second-order valence-corrected chi connectivity index (χ2v) is 5.46. The second-order valence-electron chi connectivity index (χ2n) is 5.46. The van der Waals surface area contributed by atoms with Gasteiger partial charge in [-0.25, -0.2) is 19.9 Å². The van der Waals surface area contributed by atoms with Gasteiger partial charge in [0.1, 0.15) is 18.0 Å². The van der Waals surface area contributed by atoms with Crippen LogP contribution in [0.15, 0.2) is 30.9 Å². The average Bonchev–Trinajstić information content (AvgIpc) is 2.71. The first-order chi connectivity index (χ1) is 12.8. The van der Waals surface area contributed by atoms with Crippen molar-refractivity contribution in [1.82, 2.24) is 25.3 Å². The molecule has 1 fully saturated rings. The van der Waals surface area contributed by atoms with Crippen LogP contribution in [-0.2, 0) is 9.53 Å². The number of nitrogens with one attached hydrogen (secondary N) is 2. The van der Waals surface area contributed by atoms with Crippen molar-refractivity contribution in [3.05, 3.63) is 30.9 Å². The van der Waals surface area contributed by atoms with E-state index in [0.717, 1.165) is 18.9 Å². The summed E-state index contributed by atoms with van der Waals surface area (Å²) in [6, 6.07) is 3.75. The minimum Gasteiger partial charge on any atom is -0.453 e. The maximum absolute atomic E-state index is 11.7. The molecule has 1 aliphatic heterocycles. The van der Waals surface area contributed by atoms with E-state index < -0.39 is 0 Å². The molecule has 0 unspecified atom stereocenters. The number of carbonyl (C=O) groups is 1. The van der Waals surface area contributed by atoms with Crippen molar-refractivity contribution in [3.63, 3.8) is 0 Å². The number of anilines is 2. The van der Waals surface area contributed by atoms with E-state index in [2.05, 4.69) is 35.5 Å². The normalized spacial score (nSPS) is 13.9. The maximum Gasteiger partial charge on any atom is 0.316 e. The fourth-order valence-corrected chi connectivity index (χ4v) is 2.34. The molecule has 1 saturated heterocycles. The molecule has 0 atom stereocenters.